The molecule has 10 heteroatoms. The third kappa shape index (κ3) is 6.38. The van der Waals surface area contributed by atoms with Crippen LogP contribution in [-0.4, -0.2) is 75.8 Å². The van der Waals surface area contributed by atoms with Crippen LogP contribution >= 0.6 is 0 Å². The van der Waals surface area contributed by atoms with E-state index in [4.69, 9.17) is 14.2 Å². The molecule has 1 fully saturated rings. The molecule has 1 aromatic carbocycles. The zero-order chi connectivity index (χ0) is 22.5. The van der Waals surface area contributed by atoms with Crippen LogP contribution in [0.1, 0.15) is 26.3 Å². The molecule has 0 aromatic heterocycles. The molecule has 1 aliphatic heterocycles. The summed E-state index contributed by atoms with van der Waals surface area (Å²) in [7, 11) is 0. The van der Waals surface area contributed by atoms with E-state index in [1.165, 1.54) is 0 Å². The Morgan fingerprint density at radius 1 is 1.03 bits per heavy atom. The molecule has 0 radical (unpaired) electrons. The summed E-state index contributed by atoms with van der Waals surface area (Å²) in [5.41, 5.74) is 0.0506. The van der Waals surface area contributed by atoms with Crippen molar-refractivity contribution in [1.29, 1.82) is 0 Å². The van der Waals surface area contributed by atoms with Gasteiger partial charge in [0.15, 0.2) is 6.29 Å². The molecule has 30 heavy (non-hydrogen) atoms. The van der Waals surface area contributed by atoms with Crippen molar-refractivity contribution in [3.63, 3.8) is 0 Å². The second-order valence-corrected chi connectivity index (χ2v) is 8.17. The summed E-state index contributed by atoms with van der Waals surface area (Å²) in [5, 5.41) is 41.2. The first-order valence-corrected chi connectivity index (χ1v) is 9.52. The highest BCUT2D eigenvalue weighted by Crippen LogP contribution is 2.23. The number of benzene rings is 1. The van der Waals surface area contributed by atoms with Crippen LogP contribution in [0.4, 0.5) is 4.79 Å². The lowest BCUT2D eigenvalue weighted by atomic mass is 9.87. The van der Waals surface area contributed by atoms with Gasteiger partial charge in [0.05, 0.1) is 0 Å². The molecule has 1 amide bonds. The highest BCUT2D eigenvalue weighted by molar-refractivity contribution is 5.82. The molecule has 1 saturated heterocycles. The van der Waals surface area contributed by atoms with Crippen LogP contribution in [0.25, 0.3) is 0 Å². The fourth-order valence-corrected chi connectivity index (χ4v) is 2.83. The number of aliphatic hydroxyl groups is 4. The number of carbonyl (C=O) groups is 2. The molecule has 5 N–H and O–H groups in total. The van der Waals surface area contributed by atoms with E-state index in [-0.39, 0.29) is 6.61 Å². The van der Waals surface area contributed by atoms with Crippen LogP contribution in [0.15, 0.2) is 30.3 Å². The minimum Gasteiger partial charge on any atom is -0.461 e. The summed E-state index contributed by atoms with van der Waals surface area (Å²) in [5.74, 6) is -0.815. The molecule has 0 aliphatic carbocycles. The number of nitrogens with one attached hydrogen (secondary N) is 1. The fraction of sp³-hybridized carbons (Fsp3) is 0.600. The largest absolute Gasteiger partial charge is 0.461 e. The van der Waals surface area contributed by atoms with Gasteiger partial charge in [0.25, 0.3) is 0 Å². The van der Waals surface area contributed by atoms with E-state index in [2.05, 4.69) is 5.32 Å². The highest BCUT2D eigenvalue weighted by Gasteiger charge is 2.44. The lowest BCUT2D eigenvalue weighted by Crippen LogP contribution is -2.59. The van der Waals surface area contributed by atoms with Gasteiger partial charge in [-0.1, -0.05) is 51.1 Å². The number of aliphatic hydroxyl groups excluding tert-OH is 4. The number of hydrogen-bond acceptors (Lipinski definition) is 9. The molecule has 2 rings (SSSR count). The van der Waals surface area contributed by atoms with Crippen molar-refractivity contribution in [3.05, 3.63) is 35.9 Å². The Morgan fingerprint density at radius 2 is 1.67 bits per heavy atom. The van der Waals surface area contributed by atoms with Gasteiger partial charge in [0.1, 0.15) is 43.7 Å². The third-order valence-corrected chi connectivity index (χ3v) is 4.65. The number of carbonyl (C=O) groups excluding carboxylic acids is 2. The summed E-state index contributed by atoms with van der Waals surface area (Å²) < 4.78 is 15.2. The molecule has 168 valence electrons. The third-order valence-electron chi connectivity index (χ3n) is 4.65. The van der Waals surface area contributed by atoms with Gasteiger partial charge >= 0.3 is 12.1 Å². The second kappa shape index (κ2) is 10.2. The fourth-order valence-electron chi connectivity index (χ4n) is 2.83. The average Bonchev–Trinajstić information content (AvgIpc) is 2.70. The minimum atomic E-state index is -1.74. The van der Waals surface area contributed by atoms with E-state index in [0.29, 0.717) is 0 Å². The van der Waals surface area contributed by atoms with Crippen molar-refractivity contribution in [3.8, 4) is 0 Å². The summed E-state index contributed by atoms with van der Waals surface area (Å²) in [4.78, 5) is 24.7. The Balaban J connectivity index is 1.92. The van der Waals surface area contributed by atoms with Gasteiger partial charge < -0.3 is 40.0 Å². The van der Waals surface area contributed by atoms with Crippen molar-refractivity contribution in [2.75, 3.05) is 6.61 Å². The van der Waals surface area contributed by atoms with E-state index in [9.17, 15) is 30.0 Å². The SMILES string of the molecule is CC(C)(C)[C@@H](NC(=O)OCc1ccccc1)C(=O)OCC1O[C@@H](O)C(O)C(O)[C@@H]1O. The maximum atomic E-state index is 12.6. The Bertz CT molecular complexity index is 706. The number of esters is 1. The molecule has 1 aliphatic rings. The van der Waals surface area contributed by atoms with Crippen molar-refractivity contribution >= 4 is 12.1 Å². The van der Waals surface area contributed by atoms with E-state index < -0.39 is 60.8 Å². The van der Waals surface area contributed by atoms with Gasteiger partial charge in [-0.15, -0.1) is 0 Å². The second-order valence-electron chi connectivity index (χ2n) is 8.17. The summed E-state index contributed by atoms with van der Waals surface area (Å²) in [6.07, 6.45) is -8.73. The zero-order valence-electron chi connectivity index (χ0n) is 17.1. The smallest absolute Gasteiger partial charge is 0.408 e. The first-order valence-electron chi connectivity index (χ1n) is 9.52. The number of amides is 1. The maximum Gasteiger partial charge on any atom is 0.408 e. The van der Waals surface area contributed by atoms with Crippen molar-refractivity contribution in [2.45, 2.75) is 64.1 Å². The maximum absolute atomic E-state index is 12.6. The van der Waals surface area contributed by atoms with Crippen LogP contribution in [0, 0.1) is 5.41 Å². The average molecular weight is 427 g/mol. The monoisotopic (exact) mass is 427 g/mol. The molecule has 6 atom stereocenters. The molecule has 1 aromatic rings. The Labute approximate surface area is 174 Å². The normalized spacial score (nSPS) is 27.8. The van der Waals surface area contributed by atoms with Crippen LogP contribution in [0.2, 0.25) is 0 Å². The van der Waals surface area contributed by atoms with Crippen LogP contribution in [-0.2, 0) is 25.6 Å². The summed E-state index contributed by atoms with van der Waals surface area (Å²) in [6, 6.07) is 7.94. The molecule has 0 bridgehead atoms. The Morgan fingerprint density at radius 3 is 2.27 bits per heavy atom. The minimum absolute atomic E-state index is 0.0266. The van der Waals surface area contributed by atoms with Crippen molar-refractivity contribution in [2.24, 2.45) is 5.41 Å². The topological polar surface area (TPSA) is 155 Å². The molecular formula is C20H29NO9. The van der Waals surface area contributed by atoms with Gasteiger partial charge in [0, 0.05) is 0 Å². The van der Waals surface area contributed by atoms with E-state index in [1.54, 1.807) is 45.0 Å². The van der Waals surface area contributed by atoms with E-state index in [0.717, 1.165) is 5.56 Å². The van der Waals surface area contributed by atoms with Gasteiger partial charge in [-0.2, -0.15) is 0 Å². The Hall–Kier alpha value is -2.24. The molecule has 1 heterocycles. The van der Waals surface area contributed by atoms with Crippen LogP contribution in [0.5, 0.6) is 0 Å². The van der Waals surface area contributed by atoms with E-state index in [1.807, 2.05) is 6.07 Å². The molecular weight excluding hydrogens is 398 g/mol. The number of rotatable bonds is 6. The Kier molecular flexibility index (Phi) is 8.16. The van der Waals surface area contributed by atoms with Crippen molar-refractivity contribution in [1.82, 2.24) is 5.32 Å². The quantitative estimate of drug-likeness (QED) is 0.384. The molecule has 0 spiro atoms. The predicted octanol–water partition coefficient (Wildman–Crippen LogP) is -0.329. The van der Waals surface area contributed by atoms with Crippen molar-refractivity contribution < 1.29 is 44.2 Å². The van der Waals surface area contributed by atoms with E-state index >= 15 is 0 Å². The standard InChI is InChI=1S/C20H29NO9/c1-20(2,3)16(21-19(27)29-9-11-7-5-4-6-8-11)18(26)28-10-12-13(22)14(23)15(24)17(25)30-12/h4-8,12-17,22-25H,9-10H2,1-3H3,(H,21,27)/t12?,13-,14?,15?,16+,17-/m1/s1. The first kappa shape index (κ1) is 24.0. The van der Waals surface area contributed by atoms with Gasteiger partial charge in [-0.3, -0.25) is 0 Å². The number of hydrogen-bond donors (Lipinski definition) is 5. The molecule has 10 nitrogen and oxygen atoms in total. The van der Waals surface area contributed by atoms with Gasteiger partial charge in [-0.05, 0) is 11.0 Å². The molecule has 3 unspecified atom stereocenters. The predicted molar refractivity (Wildman–Crippen MR) is 103 cm³/mol. The zero-order valence-corrected chi connectivity index (χ0v) is 17.1. The number of alkyl carbamates (subject to hydrolysis) is 1. The summed E-state index contributed by atoms with van der Waals surface area (Å²) >= 11 is 0. The highest BCUT2D eigenvalue weighted by atomic mass is 16.7. The van der Waals surface area contributed by atoms with Gasteiger partial charge in [0.2, 0.25) is 0 Å². The van der Waals surface area contributed by atoms with Gasteiger partial charge in [-0.25, -0.2) is 9.59 Å². The van der Waals surface area contributed by atoms with Crippen LogP contribution < -0.4 is 5.32 Å². The molecule has 0 saturated carbocycles. The first-order chi connectivity index (χ1) is 14.0. The lowest BCUT2D eigenvalue weighted by molar-refractivity contribution is -0.287. The number of ether oxygens (including phenoxy) is 3. The summed E-state index contributed by atoms with van der Waals surface area (Å²) in [6.45, 7) is 4.66. The van der Waals surface area contributed by atoms with Crippen LogP contribution in [0.3, 0.4) is 0 Å². The lowest BCUT2D eigenvalue weighted by Gasteiger charge is -2.38.